The van der Waals surface area contributed by atoms with Gasteiger partial charge < -0.3 is 4.90 Å². The SMILES string of the molecule is CN(C)CCSc1cc(Cl)nc2ncnn12. The molecule has 0 bridgehead atoms. The van der Waals surface area contributed by atoms with E-state index >= 15 is 0 Å². The average Bonchev–Trinajstić information content (AvgIpc) is 2.64. The zero-order valence-electron chi connectivity index (χ0n) is 9.09. The first-order valence-electron chi connectivity index (χ1n) is 4.80. The van der Waals surface area contributed by atoms with Gasteiger partial charge in [-0.3, -0.25) is 0 Å². The van der Waals surface area contributed by atoms with Crippen LogP contribution in [0.25, 0.3) is 5.78 Å². The Morgan fingerprint density at radius 1 is 1.50 bits per heavy atom. The van der Waals surface area contributed by atoms with E-state index in [9.17, 15) is 0 Å². The Kier molecular flexibility index (Phi) is 3.63. The van der Waals surface area contributed by atoms with Crippen molar-refractivity contribution in [1.29, 1.82) is 0 Å². The van der Waals surface area contributed by atoms with E-state index in [1.54, 1.807) is 16.3 Å². The highest BCUT2D eigenvalue weighted by Crippen LogP contribution is 2.20. The van der Waals surface area contributed by atoms with Gasteiger partial charge in [0, 0.05) is 18.4 Å². The van der Waals surface area contributed by atoms with Gasteiger partial charge in [-0.15, -0.1) is 11.8 Å². The smallest absolute Gasteiger partial charge is 0.254 e. The third-order valence-electron chi connectivity index (χ3n) is 1.98. The minimum Gasteiger partial charge on any atom is -0.309 e. The molecule has 0 spiro atoms. The summed E-state index contributed by atoms with van der Waals surface area (Å²) < 4.78 is 1.70. The van der Waals surface area contributed by atoms with Gasteiger partial charge in [-0.2, -0.15) is 19.6 Å². The minimum atomic E-state index is 0.452. The van der Waals surface area contributed by atoms with Crippen LogP contribution in [0.2, 0.25) is 5.15 Å². The molecule has 86 valence electrons. The summed E-state index contributed by atoms with van der Waals surface area (Å²) in [5.41, 5.74) is 0. The van der Waals surface area contributed by atoms with Crippen LogP contribution in [0, 0.1) is 0 Å². The van der Waals surface area contributed by atoms with Crippen molar-refractivity contribution in [3.05, 3.63) is 17.5 Å². The first-order valence-corrected chi connectivity index (χ1v) is 6.17. The maximum Gasteiger partial charge on any atom is 0.254 e. The molecule has 0 amide bonds. The van der Waals surface area contributed by atoms with E-state index < -0.39 is 0 Å². The minimum absolute atomic E-state index is 0.452. The Balaban J connectivity index is 2.19. The van der Waals surface area contributed by atoms with Crippen LogP contribution < -0.4 is 0 Å². The molecule has 7 heteroatoms. The van der Waals surface area contributed by atoms with Crippen molar-refractivity contribution in [3.63, 3.8) is 0 Å². The van der Waals surface area contributed by atoms with Crippen LogP contribution in [0.4, 0.5) is 0 Å². The molecule has 2 aromatic heterocycles. The summed E-state index contributed by atoms with van der Waals surface area (Å²) in [6.07, 6.45) is 1.48. The number of halogens is 1. The first-order chi connectivity index (χ1) is 7.66. The molecule has 0 aromatic carbocycles. The van der Waals surface area contributed by atoms with Gasteiger partial charge in [0.15, 0.2) is 0 Å². The lowest BCUT2D eigenvalue weighted by Gasteiger charge is -2.09. The summed E-state index contributed by atoms with van der Waals surface area (Å²) in [6.45, 7) is 1.00. The molecule has 0 atom stereocenters. The number of thioether (sulfide) groups is 1. The Morgan fingerprint density at radius 3 is 3.06 bits per heavy atom. The molecule has 2 heterocycles. The lowest BCUT2D eigenvalue weighted by Crippen LogP contribution is -2.15. The highest BCUT2D eigenvalue weighted by atomic mass is 35.5. The van der Waals surface area contributed by atoms with Crippen LogP contribution in [-0.4, -0.2) is 50.9 Å². The Morgan fingerprint density at radius 2 is 2.31 bits per heavy atom. The van der Waals surface area contributed by atoms with Crippen LogP contribution in [0.3, 0.4) is 0 Å². The maximum absolute atomic E-state index is 5.91. The lowest BCUT2D eigenvalue weighted by atomic mass is 10.7. The fraction of sp³-hybridized carbons (Fsp3) is 0.444. The molecule has 2 aromatic rings. The number of hydrogen-bond acceptors (Lipinski definition) is 5. The Bertz CT molecular complexity index is 484. The fourth-order valence-electron chi connectivity index (χ4n) is 1.19. The van der Waals surface area contributed by atoms with Gasteiger partial charge in [0.25, 0.3) is 5.78 Å². The van der Waals surface area contributed by atoms with Gasteiger partial charge in [-0.1, -0.05) is 11.6 Å². The van der Waals surface area contributed by atoms with Crippen molar-refractivity contribution in [3.8, 4) is 0 Å². The first kappa shape index (κ1) is 11.6. The zero-order chi connectivity index (χ0) is 11.5. The summed E-state index contributed by atoms with van der Waals surface area (Å²) in [6, 6.07) is 1.81. The van der Waals surface area contributed by atoms with Crippen LogP contribution in [-0.2, 0) is 0 Å². The van der Waals surface area contributed by atoms with Crippen molar-refractivity contribution in [2.75, 3.05) is 26.4 Å². The van der Waals surface area contributed by atoms with Crippen molar-refractivity contribution >= 4 is 29.1 Å². The molecule has 0 aliphatic rings. The molecule has 0 radical (unpaired) electrons. The molecule has 0 unspecified atom stereocenters. The third-order valence-corrected chi connectivity index (χ3v) is 3.14. The van der Waals surface area contributed by atoms with Crippen molar-refractivity contribution in [2.24, 2.45) is 0 Å². The quantitative estimate of drug-likeness (QED) is 0.613. The van der Waals surface area contributed by atoms with E-state index in [0.29, 0.717) is 10.9 Å². The van der Waals surface area contributed by atoms with E-state index in [4.69, 9.17) is 11.6 Å². The normalized spacial score (nSPS) is 11.5. The lowest BCUT2D eigenvalue weighted by molar-refractivity contribution is 0.437. The summed E-state index contributed by atoms with van der Waals surface area (Å²) in [5, 5.41) is 5.53. The van der Waals surface area contributed by atoms with Crippen LogP contribution in [0.5, 0.6) is 0 Å². The Hall–Kier alpha value is -0.850. The molecule has 2 rings (SSSR count). The summed E-state index contributed by atoms with van der Waals surface area (Å²) >= 11 is 7.60. The average molecular weight is 258 g/mol. The van der Waals surface area contributed by atoms with Gasteiger partial charge in [0.2, 0.25) is 0 Å². The molecule has 0 N–H and O–H groups in total. The highest BCUT2D eigenvalue weighted by molar-refractivity contribution is 7.99. The van der Waals surface area contributed by atoms with Crippen LogP contribution in [0.15, 0.2) is 17.4 Å². The number of fused-ring (bicyclic) bond motifs is 1. The molecular weight excluding hydrogens is 246 g/mol. The largest absolute Gasteiger partial charge is 0.309 e. The van der Waals surface area contributed by atoms with Gasteiger partial charge in [-0.25, -0.2) is 0 Å². The maximum atomic E-state index is 5.91. The second kappa shape index (κ2) is 4.99. The second-order valence-corrected chi connectivity index (χ2v) is 5.04. The summed E-state index contributed by atoms with van der Waals surface area (Å²) in [7, 11) is 4.09. The predicted molar refractivity (Wildman–Crippen MR) is 65.1 cm³/mol. The standard InChI is InChI=1S/C9H12ClN5S/c1-14(2)3-4-16-8-5-7(10)13-9-11-6-12-15(8)9/h5-6H,3-4H2,1-2H3. The fourth-order valence-corrected chi connectivity index (χ4v) is 2.55. The second-order valence-electron chi connectivity index (χ2n) is 3.54. The molecule has 0 saturated carbocycles. The molecular formula is C9H12ClN5S. The molecule has 0 aliphatic carbocycles. The summed E-state index contributed by atoms with van der Waals surface area (Å²) in [5.74, 6) is 1.52. The van der Waals surface area contributed by atoms with Crippen molar-refractivity contribution in [1.82, 2.24) is 24.5 Å². The molecule has 0 aliphatic heterocycles. The van der Waals surface area contributed by atoms with Gasteiger partial charge >= 0.3 is 0 Å². The van der Waals surface area contributed by atoms with E-state index in [0.717, 1.165) is 17.3 Å². The van der Waals surface area contributed by atoms with E-state index in [1.807, 2.05) is 20.2 Å². The number of nitrogens with zero attached hydrogens (tertiary/aromatic N) is 5. The topological polar surface area (TPSA) is 46.3 Å². The van der Waals surface area contributed by atoms with E-state index in [2.05, 4.69) is 20.0 Å². The summed E-state index contributed by atoms with van der Waals surface area (Å²) in [4.78, 5) is 10.2. The van der Waals surface area contributed by atoms with Crippen molar-refractivity contribution < 1.29 is 0 Å². The van der Waals surface area contributed by atoms with Crippen molar-refractivity contribution in [2.45, 2.75) is 5.03 Å². The Labute approximate surface area is 103 Å². The predicted octanol–water partition coefficient (Wildman–Crippen LogP) is 1.43. The molecule has 0 fully saturated rings. The number of aromatic nitrogens is 4. The van der Waals surface area contributed by atoms with Gasteiger partial charge in [-0.05, 0) is 14.1 Å². The highest BCUT2D eigenvalue weighted by Gasteiger charge is 2.06. The number of rotatable bonds is 4. The zero-order valence-corrected chi connectivity index (χ0v) is 10.7. The molecule has 16 heavy (non-hydrogen) atoms. The van der Waals surface area contributed by atoms with Crippen LogP contribution >= 0.6 is 23.4 Å². The number of hydrogen-bond donors (Lipinski definition) is 0. The van der Waals surface area contributed by atoms with E-state index in [1.165, 1.54) is 6.33 Å². The monoisotopic (exact) mass is 257 g/mol. The van der Waals surface area contributed by atoms with Gasteiger partial charge in [0.05, 0.1) is 0 Å². The van der Waals surface area contributed by atoms with E-state index in [-0.39, 0.29) is 0 Å². The van der Waals surface area contributed by atoms with Gasteiger partial charge in [0.1, 0.15) is 16.5 Å². The molecule has 5 nitrogen and oxygen atoms in total. The van der Waals surface area contributed by atoms with Crippen LogP contribution in [0.1, 0.15) is 0 Å². The third kappa shape index (κ3) is 2.63. The molecule has 0 saturated heterocycles.